The summed E-state index contributed by atoms with van der Waals surface area (Å²) < 4.78 is 0. The van der Waals surface area contributed by atoms with Gasteiger partial charge in [-0.15, -0.1) is 0 Å². The van der Waals surface area contributed by atoms with Gasteiger partial charge in [-0.05, 0) is 55.2 Å². The Morgan fingerprint density at radius 3 is 2.72 bits per heavy atom. The number of aromatic nitrogens is 2. The first-order valence-corrected chi connectivity index (χ1v) is 10.9. The summed E-state index contributed by atoms with van der Waals surface area (Å²) in [4.78, 5) is 23.2. The van der Waals surface area contributed by atoms with E-state index >= 15 is 0 Å². The molecular weight excluding hydrogens is 424 g/mol. The van der Waals surface area contributed by atoms with E-state index in [4.69, 9.17) is 16.9 Å². The van der Waals surface area contributed by atoms with Crippen LogP contribution in [0.15, 0.2) is 60.9 Å². The van der Waals surface area contributed by atoms with Gasteiger partial charge in [-0.2, -0.15) is 5.26 Å². The van der Waals surface area contributed by atoms with Crippen molar-refractivity contribution < 1.29 is 4.79 Å². The summed E-state index contributed by atoms with van der Waals surface area (Å²) >= 11 is 5.86. The summed E-state index contributed by atoms with van der Waals surface area (Å²) in [6, 6.07) is 16.7. The van der Waals surface area contributed by atoms with E-state index in [2.05, 4.69) is 31.6 Å². The number of nitrogens with one attached hydrogen (secondary N) is 2. The molecule has 1 saturated heterocycles. The van der Waals surface area contributed by atoms with Crippen LogP contribution in [0.4, 0.5) is 17.2 Å². The number of carbonyl (C=O) groups excluding carboxylic acids is 1. The number of para-hydroxylation sites is 1. The van der Waals surface area contributed by atoms with E-state index in [-0.39, 0.29) is 5.91 Å². The Kier molecular flexibility index (Phi) is 6.83. The predicted octanol–water partition coefficient (Wildman–Crippen LogP) is 4.58. The molecule has 7 nitrogen and oxygen atoms in total. The fourth-order valence-electron chi connectivity index (χ4n) is 3.80. The molecule has 0 atom stereocenters. The number of rotatable bonds is 6. The van der Waals surface area contributed by atoms with Crippen molar-refractivity contribution in [3.63, 3.8) is 0 Å². The van der Waals surface area contributed by atoms with Crippen molar-refractivity contribution in [3.05, 3.63) is 77.2 Å². The molecule has 0 unspecified atom stereocenters. The third-order valence-electron chi connectivity index (χ3n) is 5.56. The monoisotopic (exact) mass is 446 g/mol. The number of carbonyl (C=O) groups is 1. The van der Waals surface area contributed by atoms with Gasteiger partial charge in [0.15, 0.2) is 0 Å². The number of nitrogens with zero attached hydrogens (tertiary/aromatic N) is 4. The molecule has 1 aliphatic rings. The van der Waals surface area contributed by atoms with Gasteiger partial charge in [0.05, 0.1) is 10.6 Å². The van der Waals surface area contributed by atoms with E-state index in [1.54, 1.807) is 24.4 Å². The smallest absolute Gasteiger partial charge is 0.258 e. The molecule has 3 aromatic rings. The van der Waals surface area contributed by atoms with E-state index in [0.717, 1.165) is 43.9 Å². The normalized spacial score (nSPS) is 13.9. The zero-order chi connectivity index (χ0) is 22.3. The minimum absolute atomic E-state index is 0.219. The fraction of sp³-hybridized carbons (Fsp3) is 0.250. The number of hydrogen-bond donors (Lipinski definition) is 2. The van der Waals surface area contributed by atoms with Crippen molar-refractivity contribution in [1.82, 2.24) is 9.97 Å². The first kappa shape index (κ1) is 21.6. The van der Waals surface area contributed by atoms with Crippen molar-refractivity contribution >= 4 is 34.7 Å². The van der Waals surface area contributed by atoms with Gasteiger partial charge in [-0.25, -0.2) is 9.97 Å². The molecule has 1 aliphatic heterocycles. The number of nitriles is 1. The quantitative estimate of drug-likeness (QED) is 0.575. The summed E-state index contributed by atoms with van der Waals surface area (Å²) in [5.41, 5.74) is 2.85. The Balaban J connectivity index is 1.33. The SMILES string of the molecule is N#Cc1cc(N2CCC(CNc3ccccc3C(=O)Nc3ccc(Cl)cn3)CC2)ccn1. The van der Waals surface area contributed by atoms with Crippen molar-refractivity contribution in [3.8, 4) is 6.07 Å². The van der Waals surface area contributed by atoms with Crippen LogP contribution in [0.5, 0.6) is 0 Å². The number of hydrogen-bond acceptors (Lipinski definition) is 6. The molecule has 1 amide bonds. The number of amides is 1. The molecule has 0 aliphatic carbocycles. The maximum atomic E-state index is 12.8. The summed E-state index contributed by atoms with van der Waals surface area (Å²) in [5.74, 6) is 0.735. The van der Waals surface area contributed by atoms with Gasteiger partial charge in [-0.3, -0.25) is 4.79 Å². The van der Waals surface area contributed by atoms with Crippen LogP contribution >= 0.6 is 11.6 Å². The van der Waals surface area contributed by atoms with Gasteiger partial charge >= 0.3 is 0 Å². The molecule has 162 valence electrons. The van der Waals surface area contributed by atoms with Crippen molar-refractivity contribution in [1.29, 1.82) is 5.26 Å². The van der Waals surface area contributed by atoms with Crippen molar-refractivity contribution in [2.45, 2.75) is 12.8 Å². The minimum Gasteiger partial charge on any atom is -0.384 e. The molecule has 2 N–H and O–H groups in total. The average molecular weight is 447 g/mol. The molecule has 0 saturated carbocycles. The first-order chi connectivity index (χ1) is 15.6. The average Bonchev–Trinajstić information content (AvgIpc) is 2.84. The lowest BCUT2D eigenvalue weighted by Crippen LogP contribution is -2.36. The molecule has 0 spiro atoms. The standard InChI is InChI=1S/C24H23ClN6O/c25-18-5-6-23(29-16-18)30-24(32)21-3-1-2-4-22(21)28-15-17-8-11-31(12-9-17)20-7-10-27-19(13-20)14-26/h1-7,10,13,16-17,28H,8-9,11-12,15H2,(H,29,30,32). The Hall–Kier alpha value is -3.63. The van der Waals surface area contributed by atoms with Crippen LogP contribution in [-0.2, 0) is 0 Å². The minimum atomic E-state index is -0.219. The van der Waals surface area contributed by atoms with Gasteiger partial charge in [0.1, 0.15) is 17.6 Å². The third-order valence-corrected chi connectivity index (χ3v) is 5.78. The van der Waals surface area contributed by atoms with Crippen LogP contribution in [0, 0.1) is 17.2 Å². The fourth-order valence-corrected chi connectivity index (χ4v) is 3.91. The van der Waals surface area contributed by atoms with Gasteiger partial charge in [0.2, 0.25) is 0 Å². The lowest BCUT2D eigenvalue weighted by molar-refractivity contribution is 0.102. The maximum absolute atomic E-state index is 12.8. The molecule has 4 rings (SSSR count). The number of halogens is 1. The van der Waals surface area contributed by atoms with Gasteiger partial charge in [-0.1, -0.05) is 23.7 Å². The van der Waals surface area contributed by atoms with Crippen LogP contribution in [0.3, 0.4) is 0 Å². The molecule has 1 aromatic carbocycles. The van der Waals surface area contributed by atoms with Gasteiger partial charge in [0, 0.05) is 43.4 Å². The van der Waals surface area contributed by atoms with Gasteiger partial charge in [0.25, 0.3) is 5.91 Å². The summed E-state index contributed by atoms with van der Waals surface area (Å²) in [6.45, 7) is 2.63. The van der Waals surface area contributed by atoms with Crippen LogP contribution in [-0.4, -0.2) is 35.5 Å². The van der Waals surface area contributed by atoms with Gasteiger partial charge < -0.3 is 15.5 Å². The van der Waals surface area contributed by atoms with Crippen LogP contribution in [0.2, 0.25) is 5.02 Å². The van der Waals surface area contributed by atoms with Crippen molar-refractivity contribution in [2.75, 3.05) is 35.2 Å². The number of pyridine rings is 2. The highest BCUT2D eigenvalue weighted by molar-refractivity contribution is 6.30. The number of benzene rings is 1. The van der Waals surface area contributed by atoms with Crippen LogP contribution in [0.1, 0.15) is 28.9 Å². The molecule has 0 bridgehead atoms. The number of anilines is 3. The lowest BCUT2D eigenvalue weighted by Gasteiger charge is -2.34. The van der Waals surface area contributed by atoms with Crippen LogP contribution < -0.4 is 15.5 Å². The molecule has 3 heterocycles. The molecular formula is C24H23ClN6O. The summed E-state index contributed by atoms with van der Waals surface area (Å²) in [5, 5.41) is 15.8. The van der Waals surface area contributed by atoms with E-state index < -0.39 is 0 Å². The zero-order valence-electron chi connectivity index (χ0n) is 17.5. The zero-order valence-corrected chi connectivity index (χ0v) is 18.2. The maximum Gasteiger partial charge on any atom is 0.258 e. The molecule has 32 heavy (non-hydrogen) atoms. The molecule has 1 fully saturated rings. The Labute approximate surface area is 192 Å². The van der Waals surface area contributed by atoms with E-state index in [9.17, 15) is 4.79 Å². The lowest BCUT2D eigenvalue weighted by atomic mass is 9.96. The highest BCUT2D eigenvalue weighted by atomic mass is 35.5. The van der Waals surface area contributed by atoms with E-state index in [1.165, 1.54) is 6.20 Å². The second-order valence-corrected chi connectivity index (χ2v) is 8.12. The number of piperidine rings is 1. The molecule has 2 aromatic heterocycles. The molecule has 0 radical (unpaired) electrons. The van der Waals surface area contributed by atoms with E-state index in [0.29, 0.717) is 28.0 Å². The Bertz CT molecular complexity index is 1120. The highest BCUT2D eigenvalue weighted by Gasteiger charge is 2.20. The second-order valence-electron chi connectivity index (χ2n) is 7.68. The molecule has 8 heteroatoms. The second kappa shape index (κ2) is 10.1. The summed E-state index contributed by atoms with van der Waals surface area (Å²) in [6.07, 6.45) is 5.24. The Morgan fingerprint density at radius 2 is 1.97 bits per heavy atom. The predicted molar refractivity (Wildman–Crippen MR) is 126 cm³/mol. The van der Waals surface area contributed by atoms with Crippen LogP contribution in [0.25, 0.3) is 0 Å². The summed E-state index contributed by atoms with van der Waals surface area (Å²) in [7, 11) is 0. The largest absolute Gasteiger partial charge is 0.384 e. The van der Waals surface area contributed by atoms with Crippen molar-refractivity contribution in [2.24, 2.45) is 5.92 Å². The van der Waals surface area contributed by atoms with E-state index in [1.807, 2.05) is 30.3 Å². The topological polar surface area (TPSA) is 93.9 Å². The first-order valence-electron chi connectivity index (χ1n) is 10.5. The highest BCUT2D eigenvalue weighted by Crippen LogP contribution is 2.25. The Morgan fingerprint density at radius 1 is 1.16 bits per heavy atom. The third kappa shape index (κ3) is 5.34.